The van der Waals surface area contributed by atoms with E-state index in [0.717, 1.165) is 5.56 Å². The molecule has 6 nitrogen and oxygen atoms in total. The molecule has 1 N–H and O–H groups in total. The average molecular weight is 260 g/mol. The number of benzene rings is 1. The predicted octanol–water partition coefficient (Wildman–Crippen LogP) is 3.29. The van der Waals surface area contributed by atoms with E-state index in [0.29, 0.717) is 10.5 Å². The molecule has 0 atom stereocenters. The summed E-state index contributed by atoms with van der Waals surface area (Å²) in [6.07, 6.45) is 3.47. The first kappa shape index (κ1) is 12.7. The molecule has 0 fully saturated rings. The zero-order valence-corrected chi connectivity index (χ0v) is 10.2. The fourth-order valence-corrected chi connectivity index (χ4v) is 1.49. The molecule has 96 valence electrons. The van der Waals surface area contributed by atoms with Crippen LogP contribution in [0.4, 0.5) is 11.6 Å². The van der Waals surface area contributed by atoms with E-state index in [1.54, 1.807) is 36.4 Å². The van der Waals surface area contributed by atoms with Crippen molar-refractivity contribution in [3.8, 4) is 0 Å². The standard InChI is InChI=1S/C13H12N2O4/c1-14(16)13-9-8-12(19-13)7-4-10-2-5-11(6-3-10)15(17)18/h2-9H,1H3,(H,17,18)/q+2/b7-4+. The Bertz CT molecular complexity index is 641. The summed E-state index contributed by atoms with van der Waals surface area (Å²) < 4.78 is 5.89. The molecule has 0 aliphatic rings. The molecule has 0 spiro atoms. The van der Waals surface area contributed by atoms with Gasteiger partial charge in [0, 0.05) is 17.0 Å². The topological polar surface area (TPSA) is 73.5 Å². The molecule has 1 heterocycles. The van der Waals surface area contributed by atoms with Crippen molar-refractivity contribution >= 4 is 23.7 Å². The average Bonchev–Trinajstić information content (AvgIpc) is 2.86. The summed E-state index contributed by atoms with van der Waals surface area (Å²) in [5.74, 6) is 0.784. The van der Waals surface area contributed by atoms with E-state index in [9.17, 15) is 9.81 Å². The van der Waals surface area contributed by atoms with Crippen molar-refractivity contribution in [1.29, 1.82) is 0 Å². The molecule has 2 rings (SSSR count). The van der Waals surface area contributed by atoms with Crippen LogP contribution in [0.2, 0.25) is 0 Å². The third-order valence-electron chi connectivity index (χ3n) is 2.48. The van der Waals surface area contributed by atoms with Crippen molar-refractivity contribution in [2.24, 2.45) is 0 Å². The van der Waals surface area contributed by atoms with Gasteiger partial charge in [-0.05, 0) is 29.8 Å². The number of nitrogens with zero attached hydrogens (tertiary/aromatic N) is 2. The molecule has 0 amide bonds. The van der Waals surface area contributed by atoms with Crippen molar-refractivity contribution in [1.82, 2.24) is 0 Å². The highest BCUT2D eigenvalue weighted by Crippen LogP contribution is 2.18. The van der Waals surface area contributed by atoms with Crippen LogP contribution in [-0.2, 0) is 0 Å². The predicted molar refractivity (Wildman–Crippen MR) is 68.4 cm³/mol. The second-order valence-corrected chi connectivity index (χ2v) is 3.87. The molecule has 0 saturated carbocycles. The lowest BCUT2D eigenvalue weighted by Crippen LogP contribution is -1.90. The summed E-state index contributed by atoms with van der Waals surface area (Å²) in [4.78, 5) is 21.4. The molecule has 0 saturated heterocycles. The molecule has 19 heavy (non-hydrogen) atoms. The van der Waals surface area contributed by atoms with Gasteiger partial charge in [0.05, 0.1) is 15.7 Å². The van der Waals surface area contributed by atoms with Gasteiger partial charge in [-0.3, -0.25) is 0 Å². The monoisotopic (exact) mass is 260 g/mol. The quantitative estimate of drug-likeness (QED) is 0.676. The van der Waals surface area contributed by atoms with Gasteiger partial charge in [0.25, 0.3) is 4.92 Å². The van der Waals surface area contributed by atoms with Crippen LogP contribution in [0.5, 0.6) is 0 Å². The molecule has 0 aliphatic carbocycles. The molecule has 0 radical (unpaired) electrons. The maximum Gasteiger partial charge on any atom is 0.420 e. The third-order valence-corrected chi connectivity index (χ3v) is 2.48. The van der Waals surface area contributed by atoms with E-state index in [1.165, 1.54) is 19.2 Å². The van der Waals surface area contributed by atoms with E-state index in [4.69, 9.17) is 9.62 Å². The van der Waals surface area contributed by atoms with Crippen molar-refractivity contribution in [3.05, 3.63) is 57.5 Å². The van der Waals surface area contributed by atoms with E-state index >= 15 is 0 Å². The zero-order chi connectivity index (χ0) is 13.8. The fourth-order valence-electron chi connectivity index (χ4n) is 1.49. The van der Waals surface area contributed by atoms with Crippen LogP contribution < -0.4 is 0 Å². The summed E-state index contributed by atoms with van der Waals surface area (Å²) in [6.45, 7) is 0. The molecule has 2 aromatic rings. The largest absolute Gasteiger partial charge is 0.420 e. The van der Waals surface area contributed by atoms with Gasteiger partial charge in [0.15, 0.2) is 7.05 Å². The van der Waals surface area contributed by atoms with Crippen LogP contribution in [0, 0.1) is 9.81 Å². The first-order valence-electron chi connectivity index (χ1n) is 5.51. The summed E-state index contributed by atoms with van der Waals surface area (Å²) in [6, 6.07) is 9.60. The van der Waals surface area contributed by atoms with Crippen LogP contribution >= 0.6 is 0 Å². The molecular weight excluding hydrogens is 248 g/mol. The van der Waals surface area contributed by atoms with Crippen LogP contribution in [-0.4, -0.2) is 21.9 Å². The minimum Gasteiger partial charge on any atom is -0.402 e. The van der Waals surface area contributed by atoms with Crippen molar-refractivity contribution in [3.63, 3.8) is 0 Å². The summed E-state index contributed by atoms with van der Waals surface area (Å²) in [7, 11) is 1.36. The number of furan rings is 1. The van der Waals surface area contributed by atoms with Crippen LogP contribution in [0.1, 0.15) is 11.3 Å². The second kappa shape index (κ2) is 5.26. The Hall–Kier alpha value is -2.76. The molecule has 6 heteroatoms. The van der Waals surface area contributed by atoms with Gasteiger partial charge < -0.3 is 4.42 Å². The maximum atomic E-state index is 11.0. The van der Waals surface area contributed by atoms with Gasteiger partial charge in [0.1, 0.15) is 5.76 Å². The highest BCUT2D eigenvalue weighted by molar-refractivity contribution is 5.68. The van der Waals surface area contributed by atoms with Crippen molar-refractivity contribution in [2.45, 2.75) is 0 Å². The molecule has 0 bridgehead atoms. The molecule has 1 aromatic heterocycles. The highest BCUT2D eigenvalue weighted by atomic mass is 16.6. The molecule has 0 unspecified atom stereocenters. The Morgan fingerprint density at radius 3 is 2.26 bits per heavy atom. The maximum absolute atomic E-state index is 11.0. The summed E-state index contributed by atoms with van der Waals surface area (Å²) >= 11 is 0. The van der Waals surface area contributed by atoms with E-state index < -0.39 is 0 Å². The lowest BCUT2D eigenvalue weighted by atomic mass is 10.2. The zero-order valence-electron chi connectivity index (χ0n) is 10.2. The smallest absolute Gasteiger partial charge is 0.402 e. The van der Waals surface area contributed by atoms with E-state index in [-0.39, 0.29) is 16.5 Å². The highest BCUT2D eigenvalue weighted by Gasteiger charge is 2.11. The number of nitroso groups, excluding NO2 is 1. The number of hydrogen-bond acceptors (Lipinski definition) is 3. The Morgan fingerprint density at radius 1 is 1.05 bits per heavy atom. The van der Waals surface area contributed by atoms with Gasteiger partial charge in [-0.15, -0.1) is 0 Å². The summed E-state index contributed by atoms with van der Waals surface area (Å²) in [5.41, 5.74) is 0.990. The Balaban J connectivity index is 2.13. The lowest BCUT2D eigenvalue weighted by Gasteiger charge is -1.90. The van der Waals surface area contributed by atoms with Gasteiger partial charge >= 0.3 is 11.6 Å². The molecule has 0 aliphatic heterocycles. The lowest BCUT2D eigenvalue weighted by molar-refractivity contribution is -0.729. The Kier molecular flexibility index (Phi) is 3.51. The fraction of sp³-hybridized carbons (Fsp3) is 0.0769. The van der Waals surface area contributed by atoms with E-state index in [1.807, 2.05) is 0 Å². The third kappa shape index (κ3) is 3.12. The Labute approximate surface area is 108 Å². The molecule has 1 aromatic carbocycles. The van der Waals surface area contributed by atoms with Crippen LogP contribution in [0.25, 0.3) is 12.2 Å². The normalized spacial score (nSPS) is 10.8. The minimum absolute atomic E-state index is 0.158. The first-order valence-corrected chi connectivity index (χ1v) is 5.51. The van der Waals surface area contributed by atoms with E-state index in [2.05, 4.69) is 0 Å². The summed E-state index contributed by atoms with van der Waals surface area (Å²) in [5, 5.41) is 8.69. The van der Waals surface area contributed by atoms with Crippen LogP contribution in [0.3, 0.4) is 0 Å². The van der Waals surface area contributed by atoms with Crippen molar-refractivity contribution < 1.29 is 19.3 Å². The molecular formula is C13H12N2O4+2. The number of rotatable bonds is 4. The Morgan fingerprint density at radius 2 is 1.74 bits per heavy atom. The number of hydrogen-bond donors (Lipinski definition) is 1. The van der Waals surface area contributed by atoms with Gasteiger partial charge in [-0.25, -0.2) is 5.21 Å². The van der Waals surface area contributed by atoms with Gasteiger partial charge in [-0.1, -0.05) is 6.08 Å². The van der Waals surface area contributed by atoms with Crippen molar-refractivity contribution in [2.75, 3.05) is 7.05 Å². The SMILES string of the molecule is C[N+](=O)c1ccc(/C=C/c2ccc([N+](=O)O)cc2)o1. The van der Waals surface area contributed by atoms with Gasteiger partial charge in [0.2, 0.25) is 0 Å². The second-order valence-electron chi connectivity index (χ2n) is 3.87. The first-order chi connectivity index (χ1) is 9.06. The minimum atomic E-state index is -0.198. The van der Waals surface area contributed by atoms with Crippen LogP contribution in [0.15, 0.2) is 40.8 Å². The van der Waals surface area contributed by atoms with Gasteiger partial charge in [-0.2, -0.15) is 0 Å².